The average Bonchev–Trinajstić information content (AvgIpc) is 2.35. The third kappa shape index (κ3) is 14.6. The highest BCUT2D eigenvalue weighted by Crippen LogP contribution is 2.05. The Morgan fingerprint density at radius 2 is 1.78 bits per heavy atom. The van der Waals surface area contributed by atoms with Crippen molar-refractivity contribution >= 4 is 16.0 Å². The number of rotatable bonds is 13. The molecule has 0 rings (SSSR count). The van der Waals surface area contributed by atoms with Crippen LogP contribution in [0.2, 0.25) is 0 Å². The van der Waals surface area contributed by atoms with Gasteiger partial charge < -0.3 is 14.9 Å². The van der Waals surface area contributed by atoms with Gasteiger partial charge in [-0.05, 0) is 6.42 Å². The van der Waals surface area contributed by atoms with E-state index in [0.29, 0.717) is 24.0 Å². The first-order valence-corrected chi connectivity index (χ1v) is 9.88. The lowest BCUT2D eigenvalue weighted by atomic mass is 10.1. The van der Waals surface area contributed by atoms with Crippen molar-refractivity contribution in [3.8, 4) is 0 Å². The predicted molar refractivity (Wildman–Crippen MR) is 90.7 cm³/mol. The van der Waals surface area contributed by atoms with Gasteiger partial charge in [0.25, 0.3) is 10.1 Å². The third-order valence-corrected chi connectivity index (χ3v) is 4.46. The van der Waals surface area contributed by atoms with Crippen LogP contribution in [0.3, 0.4) is 0 Å². The summed E-state index contributed by atoms with van der Waals surface area (Å²) >= 11 is 0. The first-order chi connectivity index (χ1) is 10.6. The lowest BCUT2D eigenvalue weighted by Gasteiger charge is -2.31. The highest BCUT2D eigenvalue weighted by Gasteiger charge is 2.24. The zero-order valence-electron chi connectivity index (χ0n) is 14.6. The molecule has 3 N–H and O–H groups in total. The minimum atomic E-state index is -4.18. The Kier molecular flexibility index (Phi) is 10.6. The number of amides is 1. The van der Waals surface area contributed by atoms with Crippen LogP contribution >= 0.6 is 0 Å². The second kappa shape index (κ2) is 11.0. The van der Waals surface area contributed by atoms with E-state index in [2.05, 4.69) is 12.2 Å². The van der Waals surface area contributed by atoms with Crippen LogP contribution in [-0.4, -0.2) is 74.1 Å². The number of hydrogen-bond donors (Lipinski definition) is 3. The summed E-state index contributed by atoms with van der Waals surface area (Å²) in [5.41, 5.74) is 0. The fourth-order valence-corrected chi connectivity index (χ4v) is 3.02. The normalized spacial score (nSPS) is 13.8. The van der Waals surface area contributed by atoms with Crippen molar-refractivity contribution < 1.29 is 27.4 Å². The Balaban J connectivity index is 3.89. The molecule has 138 valence electrons. The Morgan fingerprint density at radius 1 is 1.17 bits per heavy atom. The van der Waals surface area contributed by atoms with Crippen molar-refractivity contribution in [1.29, 1.82) is 0 Å². The van der Waals surface area contributed by atoms with E-state index in [0.717, 1.165) is 12.8 Å². The van der Waals surface area contributed by atoms with Crippen LogP contribution in [0.25, 0.3) is 0 Å². The number of hydrogen-bond acceptors (Lipinski definition) is 4. The Hall–Kier alpha value is -0.700. The Bertz CT molecular complexity index is 437. The number of aliphatic hydroxyl groups excluding tert-OH is 1. The topological polar surface area (TPSA) is 104 Å². The molecule has 7 nitrogen and oxygen atoms in total. The van der Waals surface area contributed by atoms with Crippen LogP contribution in [0, 0.1) is 0 Å². The molecule has 0 radical (unpaired) electrons. The van der Waals surface area contributed by atoms with Crippen molar-refractivity contribution in [3.05, 3.63) is 0 Å². The van der Waals surface area contributed by atoms with Gasteiger partial charge in [-0.1, -0.05) is 32.6 Å². The van der Waals surface area contributed by atoms with Gasteiger partial charge in [0.2, 0.25) is 5.91 Å². The standard InChI is InChI=1S/C15H32N2O5S/c1-4-5-6-7-8-9-15(19)16-10-11-17(2,3)12-14(18)13-23(20,21)22/h14,18H,4-13H2,1-3H3,(H-,16,19,20,21,22)/p+1. The molecule has 0 spiro atoms. The maximum absolute atomic E-state index is 11.7. The Labute approximate surface area is 140 Å². The zero-order chi connectivity index (χ0) is 17.9. The van der Waals surface area contributed by atoms with Crippen LogP contribution in [-0.2, 0) is 14.9 Å². The van der Waals surface area contributed by atoms with Gasteiger partial charge in [0.15, 0.2) is 0 Å². The molecule has 1 unspecified atom stereocenters. The molecule has 0 aliphatic heterocycles. The van der Waals surface area contributed by atoms with E-state index in [-0.39, 0.29) is 12.5 Å². The van der Waals surface area contributed by atoms with Gasteiger partial charge in [-0.3, -0.25) is 9.35 Å². The van der Waals surface area contributed by atoms with Crippen LogP contribution < -0.4 is 5.32 Å². The monoisotopic (exact) mass is 353 g/mol. The van der Waals surface area contributed by atoms with Gasteiger partial charge in [-0.25, -0.2) is 0 Å². The summed E-state index contributed by atoms with van der Waals surface area (Å²) in [5, 5.41) is 12.5. The molecule has 0 saturated carbocycles. The SMILES string of the molecule is CCCCCCCC(=O)NCC[N+](C)(C)CC(O)CS(=O)(=O)O. The molecule has 0 fully saturated rings. The quantitative estimate of drug-likeness (QED) is 0.258. The molecule has 8 heteroatoms. The number of quaternary nitrogens is 1. The van der Waals surface area contributed by atoms with Gasteiger partial charge in [-0.15, -0.1) is 0 Å². The maximum Gasteiger partial charge on any atom is 0.267 e. The second-order valence-corrected chi connectivity index (χ2v) is 8.26. The minimum absolute atomic E-state index is 0.0278. The summed E-state index contributed by atoms with van der Waals surface area (Å²) < 4.78 is 30.5. The van der Waals surface area contributed by atoms with E-state index in [4.69, 9.17) is 4.55 Å². The molecule has 0 aromatic heterocycles. The number of likely N-dealkylation sites (N-methyl/N-ethyl adjacent to an activating group) is 1. The number of carbonyl (C=O) groups excluding carboxylic acids is 1. The van der Waals surface area contributed by atoms with Crippen molar-refractivity contribution in [1.82, 2.24) is 5.32 Å². The van der Waals surface area contributed by atoms with E-state index in [1.807, 2.05) is 14.1 Å². The first-order valence-electron chi connectivity index (χ1n) is 8.27. The zero-order valence-corrected chi connectivity index (χ0v) is 15.4. The van der Waals surface area contributed by atoms with Crippen LogP contribution in [0.4, 0.5) is 0 Å². The maximum atomic E-state index is 11.7. The highest BCUT2D eigenvalue weighted by atomic mass is 32.2. The molecule has 0 bridgehead atoms. The lowest BCUT2D eigenvalue weighted by molar-refractivity contribution is -0.891. The summed E-state index contributed by atoms with van der Waals surface area (Å²) in [4.78, 5) is 11.7. The smallest absolute Gasteiger partial charge is 0.267 e. The van der Waals surface area contributed by atoms with Crippen molar-refractivity contribution in [3.63, 3.8) is 0 Å². The summed E-state index contributed by atoms with van der Waals surface area (Å²) in [6, 6.07) is 0. The fourth-order valence-electron chi connectivity index (χ4n) is 2.43. The molecule has 1 atom stereocenters. The van der Waals surface area contributed by atoms with Crippen LogP contribution in [0.1, 0.15) is 45.4 Å². The molecule has 0 aliphatic carbocycles. The summed E-state index contributed by atoms with van der Waals surface area (Å²) in [6.07, 6.45) is 4.93. The second-order valence-electron chi connectivity index (χ2n) is 6.76. The van der Waals surface area contributed by atoms with Gasteiger partial charge in [0.1, 0.15) is 18.4 Å². The average molecular weight is 354 g/mol. The van der Waals surface area contributed by atoms with Crippen LogP contribution in [0.5, 0.6) is 0 Å². The van der Waals surface area contributed by atoms with Gasteiger partial charge in [0.05, 0.1) is 27.2 Å². The van der Waals surface area contributed by atoms with Crippen molar-refractivity contribution in [2.24, 2.45) is 0 Å². The minimum Gasteiger partial charge on any atom is -0.386 e. The predicted octanol–water partition coefficient (Wildman–Crippen LogP) is 0.788. The lowest BCUT2D eigenvalue weighted by Crippen LogP contribution is -2.50. The molecular formula is C15H33N2O5S+. The van der Waals surface area contributed by atoms with E-state index in [9.17, 15) is 18.3 Å². The molecule has 23 heavy (non-hydrogen) atoms. The molecule has 0 aliphatic rings. The Morgan fingerprint density at radius 3 is 2.35 bits per heavy atom. The van der Waals surface area contributed by atoms with E-state index in [1.54, 1.807) is 0 Å². The van der Waals surface area contributed by atoms with Gasteiger partial charge >= 0.3 is 0 Å². The van der Waals surface area contributed by atoms with Crippen LogP contribution in [0.15, 0.2) is 0 Å². The number of nitrogens with one attached hydrogen (secondary N) is 1. The van der Waals surface area contributed by atoms with Gasteiger partial charge in [-0.2, -0.15) is 8.42 Å². The molecule has 0 aromatic carbocycles. The first kappa shape index (κ1) is 22.3. The molecule has 1 amide bonds. The molecule has 0 heterocycles. The number of nitrogens with zero attached hydrogens (tertiary/aromatic N) is 1. The molecule has 0 aromatic rings. The molecular weight excluding hydrogens is 320 g/mol. The van der Waals surface area contributed by atoms with Crippen molar-refractivity contribution in [2.45, 2.75) is 51.6 Å². The molecule has 0 saturated heterocycles. The van der Waals surface area contributed by atoms with E-state index in [1.165, 1.54) is 19.3 Å². The van der Waals surface area contributed by atoms with Gasteiger partial charge in [0, 0.05) is 6.42 Å². The van der Waals surface area contributed by atoms with E-state index < -0.39 is 22.0 Å². The number of aliphatic hydroxyl groups is 1. The fraction of sp³-hybridized carbons (Fsp3) is 0.933. The summed E-state index contributed by atoms with van der Waals surface area (Å²) in [6.45, 7) is 3.38. The summed E-state index contributed by atoms with van der Waals surface area (Å²) in [7, 11) is -0.502. The van der Waals surface area contributed by atoms with Crippen molar-refractivity contribution in [2.75, 3.05) is 39.5 Å². The summed E-state index contributed by atoms with van der Waals surface area (Å²) in [5.74, 6) is -0.640. The third-order valence-electron chi connectivity index (χ3n) is 3.65. The number of unbranched alkanes of at least 4 members (excludes halogenated alkanes) is 4. The van der Waals surface area contributed by atoms with E-state index >= 15 is 0 Å². The highest BCUT2D eigenvalue weighted by molar-refractivity contribution is 7.85. The largest absolute Gasteiger partial charge is 0.386 e. The number of carbonyl (C=O) groups is 1.